The molecule has 2 aromatic heterocycles. The van der Waals surface area contributed by atoms with E-state index in [1.54, 1.807) is 6.20 Å². The van der Waals surface area contributed by atoms with E-state index in [1.807, 2.05) is 30.7 Å². The molecule has 2 rings (SSSR count). The van der Waals surface area contributed by atoms with E-state index in [1.165, 1.54) is 0 Å². The lowest BCUT2D eigenvalue weighted by molar-refractivity contribution is -0.145. The molecular weight excluding hydrogens is 254 g/mol. The number of aryl methyl sites for hydroxylation is 1. The summed E-state index contributed by atoms with van der Waals surface area (Å²) >= 11 is 0. The number of fused-ring (bicyclic) bond motifs is 1. The molecule has 0 aliphatic carbocycles. The molecule has 2 heterocycles. The third-order valence-corrected chi connectivity index (χ3v) is 3.25. The van der Waals surface area contributed by atoms with Gasteiger partial charge in [0.1, 0.15) is 17.3 Å². The number of esters is 1. The third kappa shape index (κ3) is 2.81. The second-order valence-electron chi connectivity index (χ2n) is 5.31. The van der Waals surface area contributed by atoms with Gasteiger partial charge in [-0.2, -0.15) is 0 Å². The van der Waals surface area contributed by atoms with Gasteiger partial charge < -0.3 is 9.30 Å². The molecule has 108 valence electrons. The highest BCUT2D eigenvalue weighted by Gasteiger charge is 2.28. The molecule has 1 unspecified atom stereocenters. The molecule has 0 radical (unpaired) electrons. The summed E-state index contributed by atoms with van der Waals surface area (Å²) in [4.78, 5) is 21.1. The van der Waals surface area contributed by atoms with Crippen molar-refractivity contribution in [2.75, 3.05) is 6.61 Å². The fourth-order valence-electron chi connectivity index (χ4n) is 2.37. The molecule has 0 saturated carbocycles. The predicted molar refractivity (Wildman–Crippen MR) is 77.3 cm³/mol. The maximum absolute atomic E-state index is 12.2. The average Bonchev–Trinajstić information content (AvgIpc) is 2.74. The highest BCUT2D eigenvalue weighted by molar-refractivity contribution is 5.79. The Morgan fingerprint density at radius 1 is 1.45 bits per heavy atom. The van der Waals surface area contributed by atoms with E-state index in [2.05, 4.69) is 23.8 Å². The van der Waals surface area contributed by atoms with E-state index in [9.17, 15) is 4.79 Å². The van der Waals surface area contributed by atoms with Gasteiger partial charge in [0.05, 0.1) is 6.61 Å². The molecule has 2 aromatic rings. The Morgan fingerprint density at radius 3 is 2.80 bits per heavy atom. The quantitative estimate of drug-likeness (QED) is 0.787. The summed E-state index contributed by atoms with van der Waals surface area (Å²) in [5.74, 6) is 0.566. The Morgan fingerprint density at radius 2 is 2.20 bits per heavy atom. The number of hydrogen-bond donors (Lipinski definition) is 0. The summed E-state index contributed by atoms with van der Waals surface area (Å²) < 4.78 is 7.09. The van der Waals surface area contributed by atoms with Crippen LogP contribution < -0.4 is 0 Å². The van der Waals surface area contributed by atoms with E-state index >= 15 is 0 Å². The van der Waals surface area contributed by atoms with E-state index in [0.717, 1.165) is 23.4 Å². The van der Waals surface area contributed by atoms with Gasteiger partial charge in [-0.05, 0) is 31.4 Å². The van der Waals surface area contributed by atoms with Gasteiger partial charge in [0, 0.05) is 13.2 Å². The molecule has 0 aliphatic heterocycles. The van der Waals surface area contributed by atoms with E-state index in [4.69, 9.17) is 4.74 Å². The van der Waals surface area contributed by atoms with Gasteiger partial charge in [-0.1, -0.05) is 13.8 Å². The summed E-state index contributed by atoms with van der Waals surface area (Å²) in [6.07, 6.45) is 2.45. The van der Waals surface area contributed by atoms with Crippen molar-refractivity contribution in [1.29, 1.82) is 0 Å². The topological polar surface area (TPSA) is 57.0 Å². The van der Waals surface area contributed by atoms with Gasteiger partial charge in [-0.3, -0.25) is 4.79 Å². The molecule has 0 saturated heterocycles. The van der Waals surface area contributed by atoms with Gasteiger partial charge in [0.15, 0.2) is 5.65 Å². The molecule has 1 atom stereocenters. The Hall–Kier alpha value is -1.91. The van der Waals surface area contributed by atoms with Crippen LogP contribution in [0.15, 0.2) is 18.3 Å². The first-order valence-electron chi connectivity index (χ1n) is 6.98. The minimum atomic E-state index is -0.339. The number of hydrogen-bond acceptors (Lipinski definition) is 4. The zero-order valence-corrected chi connectivity index (χ0v) is 12.5. The number of ether oxygens (including phenoxy) is 1. The first-order valence-corrected chi connectivity index (χ1v) is 6.98. The van der Waals surface area contributed by atoms with E-state index < -0.39 is 0 Å². The SMILES string of the molecule is CCOC(=O)C(CC(C)C)c1nc2cccnc2n1C. The molecule has 0 spiro atoms. The smallest absolute Gasteiger partial charge is 0.316 e. The maximum Gasteiger partial charge on any atom is 0.316 e. The van der Waals surface area contributed by atoms with Crippen molar-refractivity contribution in [2.45, 2.75) is 33.1 Å². The number of nitrogens with zero attached hydrogens (tertiary/aromatic N) is 3. The standard InChI is InChI=1S/C15H21N3O2/c1-5-20-15(19)11(9-10(2)3)13-17-12-7-6-8-16-14(12)18(13)4/h6-8,10-11H,5,9H2,1-4H3. The van der Waals surface area contributed by atoms with Crippen LogP contribution in [0.5, 0.6) is 0 Å². The number of carbonyl (C=O) groups is 1. The van der Waals surface area contributed by atoms with Gasteiger partial charge >= 0.3 is 5.97 Å². The van der Waals surface area contributed by atoms with Gasteiger partial charge in [-0.25, -0.2) is 9.97 Å². The van der Waals surface area contributed by atoms with Crippen molar-refractivity contribution in [2.24, 2.45) is 13.0 Å². The summed E-state index contributed by atoms with van der Waals surface area (Å²) in [7, 11) is 1.89. The molecule has 0 aliphatic rings. The third-order valence-electron chi connectivity index (χ3n) is 3.25. The molecule has 0 N–H and O–H groups in total. The van der Waals surface area contributed by atoms with E-state index in [0.29, 0.717) is 12.5 Å². The highest BCUT2D eigenvalue weighted by atomic mass is 16.5. The van der Waals surface area contributed by atoms with Crippen molar-refractivity contribution >= 4 is 17.1 Å². The average molecular weight is 275 g/mol. The predicted octanol–water partition coefficient (Wildman–Crippen LogP) is 2.66. The minimum Gasteiger partial charge on any atom is -0.465 e. The lowest BCUT2D eigenvalue weighted by atomic mass is 9.96. The fourth-order valence-corrected chi connectivity index (χ4v) is 2.37. The van der Waals surface area contributed by atoms with Crippen LogP contribution in [0.1, 0.15) is 38.9 Å². The number of aromatic nitrogens is 3. The monoisotopic (exact) mass is 275 g/mol. The number of carbonyl (C=O) groups excluding carboxylic acids is 1. The molecule has 0 amide bonds. The largest absolute Gasteiger partial charge is 0.465 e. The minimum absolute atomic E-state index is 0.209. The van der Waals surface area contributed by atoms with Crippen LogP contribution in [0.3, 0.4) is 0 Å². The summed E-state index contributed by atoms with van der Waals surface area (Å²) in [6.45, 7) is 6.39. The zero-order valence-electron chi connectivity index (χ0n) is 12.5. The second kappa shape index (κ2) is 6.03. The molecule has 5 nitrogen and oxygen atoms in total. The lowest BCUT2D eigenvalue weighted by Crippen LogP contribution is -2.21. The zero-order chi connectivity index (χ0) is 14.7. The maximum atomic E-state index is 12.2. The van der Waals surface area contributed by atoms with Crippen LogP contribution in [0.2, 0.25) is 0 Å². The summed E-state index contributed by atoms with van der Waals surface area (Å²) in [5, 5.41) is 0. The van der Waals surface area contributed by atoms with Gasteiger partial charge in [0.25, 0.3) is 0 Å². The fraction of sp³-hybridized carbons (Fsp3) is 0.533. The molecule has 5 heteroatoms. The Kier molecular flexibility index (Phi) is 4.37. The van der Waals surface area contributed by atoms with Crippen LogP contribution in [-0.2, 0) is 16.6 Å². The van der Waals surface area contributed by atoms with Crippen LogP contribution >= 0.6 is 0 Å². The van der Waals surface area contributed by atoms with Gasteiger partial charge in [-0.15, -0.1) is 0 Å². The van der Waals surface area contributed by atoms with Crippen molar-refractivity contribution in [3.8, 4) is 0 Å². The van der Waals surface area contributed by atoms with Gasteiger partial charge in [0.2, 0.25) is 0 Å². The van der Waals surface area contributed by atoms with Crippen LogP contribution in [0, 0.1) is 5.92 Å². The second-order valence-corrected chi connectivity index (χ2v) is 5.31. The Balaban J connectivity index is 2.44. The van der Waals surface area contributed by atoms with Crippen molar-refractivity contribution in [1.82, 2.24) is 14.5 Å². The normalized spacial score (nSPS) is 12.8. The van der Waals surface area contributed by atoms with Crippen molar-refractivity contribution < 1.29 is 9.53 Å². The molecule has 20 heavy (non-hydrogen) atoms. The molecule has 0 bridgehead atoms. The number of pyridine rings is 1. The number of rotatable bonds is 5. The molecule has 0 fully saturated rings. The van der Waals surface area contributed by atoms with Crippen LogP contribution in [0.4, 0.5) is 0 Å². The van der Waals surface area contributed by atoms with Crippen molar-refractivity contribution in [3.63, 3.8) is 0 Å². The summed E-state index contributed by atoms with van der Waals surface area (Å²) in [6, 6.07) is 3.75. The molecule has 0 aromatic carbocycles. The Bertz CT molecular complexity index is 604. The van der Waals surface area contributed by atoms with Crippen LogP contribution in [0.25, 0.3) is 11.2 Å². The lowest BCUT2D eigenvalue weighted by Gasteiger charge is -2.17. The first-order chi connectivity index (χ1) is 9.54. The van der Waals surface area contributed by atoms with Crippen LogP contribution in [-0.4, -0.2) is 27.1 Å². The van der Waals surface area contributed by atoms with E-state index in [-0.39, 0.29) is 11.9 Å². The summed E-state index contributed by atoms with van der Waals surface area (Å²) in [5.41, 5.74) is 1.60. The Labute approximate surface area is 119 Å². The number of imidazole rings is 1. The van der Waals surface area contributed by atoms with Crippen molar-refractivity contribution in [3.05, 3.63) is 24.2 Å². The highest BCUT2D eigenvalue weighted by Crippen LogP contribution is 2.26. The first kappa shape index (κ1) is 14.5. The molecular formula is C15H21N3O2.